The minimum Gasteiger partial charge on any atom is -0.481 e. The smallest absolute Gasteiger partial charge is 0.306 e. The average Bonchev–Trinajstić information content (AvgIpc) is 2.81. The van der Waals surface area contributed by atoms with Crippen molar-refractivity contribution in [2.24, 2.45) is 10.9 Å². The summed E-state index contributed by atoms with van der Waals surface area (Å²) in [7, 11) is 0. The van der Waals surface area contributed by atoms with Crippen molar-refractivity contribution in [3.05, 3.63) is 34.9 Å². The van der Waals surface area contributed by atoms with E-state index in [9.17, 15) is 4.79 Å². The number of carboxylic acid groups (broad SMARTS) is 1. The second-order valence-corrected chi connectivity index (χ2v) is 5.45. The molecule has 0 amide bonds. The fourth-order valence-corrected chi connectivity index (χ4v) is 2.90. The lowest BCUT2D eigenvalue weighted by atomic mass is 9.84. The third-order valence-electron chi connectivity index (χ3n) is 3.72. The standard InChI is InChI=1S/C14H14ClNO3/c15-10-3-1-2-8(6-10)13-16-11-7-9(14(17)18)4-5-12(11)19-13/h1-3,6,9,11-12H,4-5,7H2,(H,17,18). The van der Waals surface area contributed by atoms with Gasteiger partial charge in [-0.1, -0.05) is 17.7 Å². The van der Waals surface area contributed by atoms with Crippen molar-refractivity contribution in [3.63, 3.8) is 0 Å². The number of aliphatic imine (C=N–C) groups is 1. The van der Waals surface area contributed by atoms with Crippen LogP contribution in [0.2, 0.25) is 5.02 Å². The highest BCUT2D eigenvalue weighted by molar-refractivity contribution is 6.30. The summed E-state index contributed by atoms with van der Waals surface area (Å²) < 4.78 is 5.83. The summed E-state index contributed by atoms with van der Waals surface area (Å²) in [6.45, 7) is 0. The Morgan fingerprint density at radius 1 is 1.42 bits per heavy atom. The number of ether oxygens (including phenoxy) is 1. The van der Waals surface area contributed by atoms with Gasteiger partial charge in [-0.15, -0.1) is 0 Å². The first-order chi connectivity index (χ1) is 9.13. The SMILES string of the molecule is O=C(O)C1CCC2OC(c3cccc(Cl)c3)=NC2C1. The Balaban J connectivity index is 1.80. The molecule has 0 spiro atoms. The Hall–Kier alpha value is -1.55. The molecule has 3 atom stereocenters. The van der Waals surface area contributed by atoms with Gasteiger partial charge >= 0.3 is 5.97 Å². The van der Waals surface area contributed by atoms with Gasteiger partial charge in [-0.3, -0.25) is 4.79 Å². The van der Waals surface area contributed by atoms with E-state index in [1.807, 2.05) is 18.2 Å². The zero-order valence-corrected chi connectivity index (χ0v) is 11.0. The highest BCUT2D eigenvalue weighted by Crippen LogP contribution is 2.33. The monoisotopic (exact) mass is 279 g/mol. The number of rotatable bonds is 2. The van der Waals surface area contributed by atoms with E-state index < -0.39 is 5.97 Å². The van der Waals surface area contributed by atoms with Crippen molar-refractivity contribution in [1.82, 2.24) is 0 Å². The van der Waals surface area contributed by atoms with Crippen LogP contribution in [0.4, 0.5) is 0 Å². The first-order valence-electron chi connectivity index (χ1n) is 6.36. The summed E-state index contributed by atoms with van der Waals surface area (Å²) in [5.74, 6) is -0.444. The molecule has 1 saturated carbocycles. The summed E-state index contributed by atoms with van der Waals surface area (Å²) in [5.41, 5.74) is 0.855. The van der Waals surface area contributed by atoms with Gasteiger partial charge in [0.05, 0.1) is 12.0 Å². The molecule has 0 radical (unpaired) electrons. The van der Waals surface area contributed by atoms with Crippen molar-refractivity contribution in [1.29, 1.82) is 0 Å². The molecule has 19 heavy (non-hydrogen) atoms. The van der Waals surface area contributed by atoms with Crippen LogP contribution >= 0.6 is 11.6 Å². The van der Waals surface area contributed by atoms with Gasteiger partial charge in [0.1, 0.15) is 6.10 Å². The zero-order valence-electron chi connectivity index (χ0n) is 10.3. The fraction of sp³-hybridized carbons (Fsp3) is 0.429. The molecule has 0 bridgehead atoms. The molecule has 2 aliphatic rings. The average molecular weight is 280 g/mol. The highest BCUT2D eigenvalue weighted by atomic mass is 35.5. The molecule has 100 valence electrons. The summed E-state index contributed by atoms with van der Waals surface area (Å²) >= 11 is 5.95. The maximum absolute atomic E-state index is 11.0. The lowest BCUT2D eigenvalue weighted by Crippen LogP contribution is -2.33. The number of carboxylic acids is 1. The number of hydrogen-bond donors (Lipinski definition) is 1. The Kier molecular flexibility index (Phi) is 3.19. The quantitative estimate of drug-likeness (QED) is 0.905. The second-order valence-electron chi connectivity index (χ2n) is 5.02. The molecule has 1 aromatic rings. The van der Waals surface area contributed by atoms with E-state index in [0.29, 0.717) is 23.8 Å². The minimum absolute atomic E-state index is 0.0181. The lowest BCUT2D eigenvalue weighted by molar-refractivity contribution is -0.143. The highest BCUT2D eigenvalue weighted by Gasteiger charge is 2.39. The topological polar surface area (TPSA) is 58.9 Å². The third-order valence-corrected chi connectivity index (χ3v) is 3.96. The van der Waals surface area contributed by atoms with Gasteiger partial charge in [0.25, 0.3) is 0 Å². The fourth-order valence-electron chi connectivity index (χ4n) is 2.71. The van der Waals surface area contributed by atoms with Gasteiger partial charge in [-0.25, -0.2) is 4.99 Å². The number of carbonyl (C=O) groups is 1. The Morgan fingerprint density at radius 2 is 2.26 bits per heavy atom. The molecule has 0 saturated heterocycles. The van der Waals surface area contributed by atoms with Crippen molar-refractivity contribution >= 4 is 23.5 Å². The van der Waals surface area contributed by atoms with E-state index in [1.165, 1.54) is 0 Å². The van der Waals surface area contributed by atoms with E-state index in [0.717, 1.165) is 12.0 Å². The Morgan fingerprint density at radius 3 is 3.00 bits per heavy atom. The summed E-state index contributed by atoms with van der Waals surface area (Å²) in [5, 5.41) is 9.71. The maximum atomic E-state index is 11.0. The second kappa shape index (κ2) is 4.85. The number of aliphatic carboxylic acids is 1. The molecule has 3 rings (SSSR count). The minimum atomic E-state index is -0.732. The zero-order chi connectivity index (χ0) is 13.4. The van der Waals surface area contributed by atoms with Crippen LogP contribution in [-0.4, -0.2) is 29.1 Å². The van der Waals surface area contributed by atoms with Crippen LogP contribution in [0, 0.1) is 5.92 Å². The van der Waals surface area contributed by atoms with Crippen LogP contribution in [0.15, 0.2) is 29.3 Å². The largest absolute Gasteiger partial charge is 0.481 e. The molecule has 5 heteroatoms. The summed E-state index contributed by atoms with van der Waals surface area (Å²) in [6.07, 6.45) is 1.98. The first kappa shape index (κ1) is 12.5. The van der Waals surface area contributed by atoms with E-state index in [2.05, 4.69) is 4.99 Å². The molecule has 1 heterocycles. The van der Waals surface area contributed by atoms with Gasteiger partial charge in [-0.2, -0.15) is 0 Å². The van der Waals surface area contributed by atoms with Crippen LogP contribution < -0.4 is 0 Å². The predicted molar refractivity (Wildman–Crippen MR) is 71.6 cm³/mol. The molecule has 4 nitrogen and oxygen atoms in total. The van der Waals surface area contributed by atoms with Crippen LogP contribution in [0.25, 0.3) is 0 Å². The van der Waals surface area contributed by atoms with Gasteiger partial charge in [0.15, 0.2) is 0 Å². The molecule has 0 aromatic heterocycles. The van der Waals surface area contributed by atoms with E-state index in [-0.39, 0.29) is 18.1 Å². The maximum Gasteiger partial charge on any atom is 0.306 e. The number of nitrogens with zero attached hydrogens (tertiary/aromatic N) is 1. The number of benzene rings is 1. The Labute approximate surface area is 116 Å². The first-order valence-corrected chi connectivity index (χ1v) is 6.74. The summed E-state index contributed by atoms with van der Waals surface area (Å²) in [4.78, 5) is 15.6. The van der Waals surface area contributed by atoms with Crippen molar-refractivity contribution in [3.8, 4) is 0 Å². The lowest BCUT2D eigenvalue weighted by Gasteiger charge is -2.26. The van der Waals surface area contributed by atoms with Crippen LogP contribution in [0.3, 0.4) is 0 Å². The van der Waals surface area contributed by atoms with Crippen molar-refractivity contribution in [2.45, 2.75) is 31.4 Å². The molecule has 1 aromatic carbocycles. The molecule has 1 aliphatic heterocycles. The van der Waals surface area contributed by atoms with Crippen molar-refractivity contribution in [2.75, 3.05) is 0 Å². The molecular formula is C14H14ClNO3. The van der Waals surface area contributed by atoms with Crippen molar-refractivity contribution < 1.29 is 14.6 Å². The number of fused-ring (bicyclic) bond motifs is 1. The van der Waals surface area contributed by atoms with Gasteiger partial charge in [0.2, 0.25) is 5.90 Å². The predicted octanol–water partition coefficient (Wildman–Crippen LogP) is 2.74. The van der Waals surface area contributed by atoms with Crippen LogP contribution in [0.5, 0.6) is 0 Å². The van der Waals surface area contributed by atoms with E-state index >= 15 is 0 Å². The molecule has 1 fully saturated rings. The molecule has 1 N–H and O–H groups in total. The van der Waals surface area contributed by atoms with Gasteiger partial charge in [-0.05, 0) is 37.5 Å². The summed E-state index contributed by atoms with van der Waals surface area (Å²) in [6, 6.07) is 7.33. The van der Waals surface area contributed by atoms with Crippen LogP contribution in [0.1, 0.15) is 24.8 Å². The van der Waals surface area contributed by atoms with E-state index in [1.54, 1.807) is 6.07 Å². The number of halogens is 1. The molecule has 1 aliphatic carbocycles. The number of hydrogen-bond acceptors (Lipinski definition) is 3. The third kappa shape index (κ3) is 2.45. The van der Waals surface area contributed by atoms with Crippen LogP contribution in [-0.2, 0) is 9.53 Å². The molecule has 3 unspecified atom stereocenters. The normalized spacial score (nSPS) is 29.3. The van der Waals surface area contributed by atoms with E-state index in [4.69, 9.17) is 21.4 Å². The Bertz CT molecular complexity index is 543. The van der Waals surface area contributed by atoms with Gasteiger partial charge < -0.3 is 9.84 Å². The molecular weight excluding hydrogens is 266 g/mol. The van der Waals surface area contributed by atoms with Gasteiger partial charge in [0, 0.05) is 10.6 Å².